The van der Waals surface area contributed by atoms with Gasteiger partial charge in [-0.25, -0.2) is 9.97 Å². The van der Waals surface area contributed by atoms with Crippen LogP contribution in [0.2, 0.25) is 0 Å². The lowest BCUT2D eigenvalue weighted by Gasteiger charge is -2.41. The standard InChI is InChI=1S/C20H21F3N6OS/c21-20(22,23)17-13(2-1-6-25-17)31-18-16-12(10-27-18)28-15(11-26-16)29-7-4-19(5-8-29)14(24)3-9-30-19/h1-2,6,11,14H,3-5,7-10,24H2/t14-/m1/s1. The average molecular weight is 450 g/mol. The van der Waals surface area contributed by atoms with Crippen molar-refractivity contribution in [2.45, 2.75) is 48.5 Å². The first-order chi connectivity index (χ1) is 14.9. The van der Waals surface area contributed by atoms with E-state index in [0.717, 1.165) is 56.1 Å². The van der Waals surface area contributed by atoms with Gasteiger partial charge in [-0.05, 0) is 31.4 Å². The van der Waals surface area contributed by atoms with Gasteiger partial charge in [0.05, 0.1) is 24.0 Å². The number of thioether (sulfide) groups is 1. The van der Waals surface area contributed by atoms with E-state index >= 15 is 0 Å². The molecule has 1 spiro atoms. The third-order valence-electron chi connectivity index (χ3n) is 6.08. The molecule has 2 fully saturated rings. The summed E-state index contributed by atoms with van der Waals surface area (Å²) in [5, 5.41) is 0.426. The fourth-order valence-corrected chi connectivity index (χ4v) is 5.36. The SMILES string of the molecule is N[C@@H]1CCOC12CCN(c1cnc3c(n1)CN=C3Sc1cccnc1C(F)(F)F)CC2. The van der Waals surface area contributed by atoms with Gasteiger partial charge in [0.1, 0.15) is 16.6 Å². The highest BCUT2D eigenvalue weighted by Crippen LogP contribution is 2.39. The molecule has 0 unspecified atom stereocenters. The minimum Gasteiger partial charge on any atom is -0.373 e. The number of hydrogen-bond donors (Lipinski definition) is 1. The fraction of sp³-hybridized carbons (Fsp3) is 0.500. The summed E-state index contributed by atoms with van der Waals surface area (Å²) in [5.74, 6) is 0.749. The van der Waals surface area contributed by atoms with Crippen molar-refractivity contribution in [2.75, 3.05) is 24.6 Å². The Balaban J connectivity index is 1.31. The molecule has 0 saturated carbocycles. The summed E-state index contributed by atoms with van der Waals surface area (Å²) in [4.78, 5) is 19.2. The minimum atomic E-state index is -4.53. The summed E-state index contributed by atoms with van der Waals surface area (Å²) in [6, 6.07) is 2.94. The molecule has 2 aromatic rings. The third-order valence-corrected chi connectivity index (χ3v) is 7.15. The molecule has 0 radical (unpaired) electrons. The molecule has 3 aliphatic rings. The smallest absolute Gasteiger partial charge is 0.373 e. The number of rotatable bonds is 2. The molecule has 31 heavy (non-hydrogen) atoms. The van der Waals surface area contributed by atoms with Crippen molar-refractivity contribution in [3.8, 4) is 0 Å². The molecule has 5 heterocycles. The quantitative estimate of drug-likeness (QED) is 0.752. The van der Waals surface area contributed by atoms with Gasteiger partial charge in [0.25, 0.3) is 0 Å². The zero-order valence-electron chi connectivity index (χ0n) is 16.6. The maximum Gasteiger partial charge on any atom is 0.434 e. The third kappa shape index (κ3) is 3.79. The molecule has 164 valence electrons. The van der Waals surface area contributed by atoms with Crippen molar-refractivity contribution in [3.05, 3.63) is 41.6 Å². The minimum absolute atomic E-state index is 0.00158. The molecule has 2 N–H and O–H groups in total. The summed E-state index contributed by atoms with van der Waals surface area (Å²) in [6.45, 7) is 2.55. The maximum atomic E-state index is 13.2. The monoisotopic (exact) mass is 450 g/mol. The van der Waals surface area contributed by atoms with Gasteiger partial charge in [-0.15, -0.1) is 0 Å². The predicted octanol–water partition coefficient (Wildman–Crippen LogP) is 3.03. The van der Waals surface area contributed by atoms with Crippen molar-refractivity contribution in [3.63, 3.8) is 0 Å². The number of piperidine rings is 1. The van der Waals surface area contributed by atoms with Gasteiger partial charge in [0.15, 0.2) is 5.69 Å². The number of nitrogens with zero attached hydrogens (tertiary/aromatic N) is 5. The summed E-state index contributed by atoms with van der Waals surface area (Å²) in [7, 11) is 0. The number of halogens is 3. The molecule has 5 rings (SSSR count). The topological polar surface area (TPSA) is 89.5 Å². The van der Waals surface area contributed by atoms with Crippen LogP contribution >= 0.6 is 11.8 Å². The van der Waals surface area contributed by atoms with Gasteiger partial charge in [-0.2, -0.15) is 13.2 Å². The van der Waals surface area contributed by atoms with Crippen molar-refractivity contribution < 1.29 is 17.9 Å². The van der Waals surface area contributed by atoms with Crippen molar-refractivity contribution >= 4 is 22.6 Å². The summed E-state index contributed by atoms with van der Waals surface area (Å²) in [5.41, 5.74) is 6.31. The van der Waals surface area contributed by atoms with Crippen LogP contribution in [0.1, 0.15) is 36.3 Å². The normalized spacial score (nSPS) is 22.6. The zero-order valence-corrected chi connectivity index (χ0v) is 17.4. The van der Waals surface area contributed by atoms with Crippen LogP contribution in [-0.2, 0) is 17.5 Å². The molecule has 2 aromatic heterocycles. The van der Waals surface area contributed by atoms with E-state index in [9.17, 15) is 13.2 Å². The largest absolute Gasteiger partial charge is 0.434 e. The molecule has 0 amide bonds. The van der Waals surface area contributed by atoms with Gasteiger partial charge in [-0.3, -0.25) is 9.98 Å². The van der Waals surface area contributed by atoms with Crippen LogP contribution in [0.25, 0.3) is 0 Å². The Hall–Kier alpha value is -2.24. The van der Waals surface area contributed by atoms with E-state index in [1.807, 2.05) is 0 Å². The zero-order chi connectivity index (χ0) is 21.6. The Morgan fingerprint density at radius 3 is 2.74 bits per heavy atom. The van der Waals surface area contributed by atoms with Crippen molar-refractivity contribution in [1.29, 1.82) is 0 Å². The Morgan fingerprint density at radius 1 is 1.23 bits per heavy atom. The van der Waals surface area contributed by atoms with E-state index in [2.05, 4.69) is 19.9 Å². The number of pyridine rings is 1. The van der Waals surface area contributed by atoms with Gasteiger partial charge in [0, 0.05) is 36.8 Å². The van der Waals surface area contributed by atoms with Gasteiger partial charge >= 0.3 is 6.18 Å². The first kappa shape index (κ1) is 20.7. The first-order valence-corrected chi connectivity index (χ1v) is 10.9. The van der Waals surface area contributed by atoms with Gasteiger partial charge in [-0.1, -0.05) is 11.8 Å². The van der Waals surface area contributed by atoms with Gasteiger partial charge < -0.3 is 15.4 Å². The van der Waals surface area contributed by atoms with Gasteiger partial charge in [0.2, 0.25) is 0 Å². The first-order valence-electron chi connectivity index (χ1n) is 10.1. The lowest BCUT2D eigenvalue weighted by Crippen LogP contribution is -2.53. The molecule has 0 aliphatic carbocycles. The Bertz CT molecular complexity index is 1020. The molecule has 0 bridgehead atoms. The molecular weight excluding hydrogens is 429 g/mol. The van der Waals surface area contributed by atoms with E-state index in [0.29, 0.717) is 29.6 Å². The highest BCUT2D eigenvalue weighted by Gasteiger charge is 2.44. The number of hydrogen-bond acceptors (Lipinski definition) is 8. The van der Waals surface area contributed by atoms with Crippen LogP contribution in [0.5, 0.6) is 0 Å². The maximum absolute atomic E-state index is 13.2. The molecule has 11 heteroatoms. The molecule has 0 aromatic carbocycles. The second kappa shape index (κ2) is 7.72. The van der Waals surface area contributed by atoms with E-state index in [1.165, 1.54) is 12.1 Å². The van der Waals surface area contributed by atoms with E-state index in [1.54, 1.807) is 6.20 Å². The van der Waals surface area contributed by atoms with Crippen LogP contribution in [-0.4, -0.2) is 51.3 Å². The highest BCUT2D eigenvalue weighted by atomic mass is 32.2. The average Bonchev–Trinajstić information content (AvgIpc) is 3.31. The number of aliphatic imine (C=N–C) groups is 1. The second-order valence-corrected chi connectivity index (χ2v) is 8.92. The van der Waals surface area contributed by atoms with Crippen LogP contribution in [0.4, 0.5) is 19.0 Å². The van der Waals surface area contributed by atoms with Crippen LogP contribution < -0.4 is 10.6 Å². The highest BCUT2D eigenvalue weighted by molar-refractivity contribution is 8.14. The number of alkyl halides is 3. The van der Waals surface area contributed by atoms with E-state index < -0.39 is 11.9 Å². The van der Waals surface area contributed by atoms with Crippen molar-refractivity contribution in [1.82, 2.24) is 15.0 Å². The second-order valence-electron chi connectivity index (χ2n) is 7.89. The molecule has 1 atom stereocenters. The number of anilines is 1. The molecule has 3 aliphatic heterocycles. The molecule has 2 saturated heterocycles. The number of nitrogens with two attached hydrogens (primary N) is 1. The lowest BCUT2D eigenvalue weighted by atomic mass is 9.85. The summed E-state index contributed by atoms with van der Waals surface area (Å²) < 4.78 is 45.7. The predicted molar refractivity (Wildman–Crippen MR) is 110 cm³/mol. The lowest BCUT2D eigenvalue weighted by molar-refractivity contribution is -0.143. The van der Waals surface area contributed by atoms with Crippen molar-refractivity contribution in [2.24, 2.45) is 10.7 Å². The number of ether oxygens (including phenoxy) is 1. The number of aromatic nitrogens is 3. The molecular formula is C20H21F3N6OS. The number of fused-ring (bicyclic) bond motifs is 1. The van der Waals surface area contributed by atoms with Crippen LogP contribution in [0.3, 0.4) is 0 Å². The van der Waals surface area contributed by atoms with Crippen LogP contribution in [0.15, 0.2) is 34.4 Å². The van der Waals surface area contributed by atoms with E-state index in [4.69, 9.17) is 15.5 Å². The molecule has 7 nitrogen and oxygen atoms in total. The Kier molecular flexibility index (Phi) is 5.14. The van der Waals surface area contributed by atoms with Crippen LogP contribution in [0, 0.1) is 0 Å². The Morgan fingerprint density at radius 2 is 2.03 bits per heavy atom. The summed E-state index contributed by atoms with van der Waals surface area (Å²) in [6.07, 6.45) is 0.844. The fourth-order valence-electron chi connectivity index (χ4n) is 4.34. The summed E-state index contributed by atoms with van der Waals surface area (Å²) >= 11 is 0.923. The Labute approximate surface area is 181 Å². The van der Waals surface area contributed by atoms with E-state index in [-0.39, 0.29) is 16.5 Å².